The van der Waals surface area contributed by atoms with E-state index in [-0.39, 0.29) is 0 Å². The molecular weight excluding hydrogens is 232 g/mol. The van der Waals surface area contributed by atoms with Crippen LogP contribution in [-0.4, -0.2) is 13.1 Å². The summed E-state index contributed by atoms with van der Waals surface area (Å²) in [6, 6.07) is 16.9. The zero-order valence-corrected chi connectivity index (χ0v) is 11.2. The lowest BCUT2D eigenvalue weighted by Crippen LogP contribution is -2.29. The summed E-state index contributed by atoms with van der Waals surface area (Å²) in [6.45, 7) is 2.36. The molecule has 0 amide bonds. The Kier molecular flexibility index (Phi) is 3.41. The number of piperidine rings is 1. The minimum absolute atomic E-state index is 0.820. The van der Waals surface area contributed by atoms with Gasteiger partial charge in [-0.3, -0.25) is 0 Å². The Morgan fingerprint density at radius 1 is 0.789 bits per heavy atom. The van der Waals surface area contributed by atoms with Crippen molar-refractivity contribution >= 4 is 11.4 Å². The number of hydrogen-bond acceptors (Lipinski definition) is 2. The molecule has 3 rings (SSSR count). The zero-order valence-electron chi connectivity index (χ0n) is 11.2. The minimum atomic E-state index is 0.820. The largest absolute Gasteiger partial charge is 0.399 e. The molecule has 0 spiro atoms. The first-order chi connectivity index (χ1) is 9.33. The second-order valence-corrected chi connectivity index (χ2v) is 5.22. The average Bonchev–Trinajstić information content (AvgIpc) is 2.48. The van der Waals surface area contributed by atoms with Crippen LogP contribution in [0.25, 0.3) is 11.1 Å². The third kappa shape index (κ3) is 2.73. The summed E-state index contributed by atoms with van der Waals surface area (Å²) in [7, 11) is 0. The number of benzene rings is 2. The van der Waals surface area contributed by atoms with Crippen molar-refractivity contribution in [3.05, 3.63) is 48.5 Å². The highest BCUT2D eigenvalue weighted by Gasteiger charge is 2.11. The van der Waals surface area contributed by atoms with E-state index >= 15 is 0 Å². The number of anilines is 2. The number of rotatable bonds is 2. The summed E-state index contributed by atoms with van der Waals surface area (Å²) < 4.78 is 0. The molecule has 2 nitrogen and oxygen atoms in total. The lowest BCUT2D eigenvalue weighted by atomic mass is 10.0. The molecule has 0 radical (unpaired) electrons. The highest BCUT2D eigenvalue weighted by molar-refractivity contribution is 5.71. The highest BCUT2D eigenvalue weighted by Crippen LogP contribution is 2.27. The molecule has 1 heterocycles. The van der Waals surface area contributed by atoms with Gasteiger partial charge < -0.3 is 10.6 Å². The lowest BCUT2D eigenvalue weighted by Gasteiger charge is -2.29. The molecule has 0 bridgehead atoms. The van der Waals surface area contributed by atoms with Crippen molar-refractivity contribution < 1.29 is 0 Å². The number of nitrogen functional groups attached to an aromatic ring is 1. The zero-order chi connectivity index (χ0) is 13.1. The van der Waals surface area contributed by atoms with Crippen LogP contribution in [-0.2, 0) is 0 Å². The predicted octanol–water partition coefficient (Wildman–Crippen LogP) is 3.93. The van der Waals surface area contributed by atoms with Crippen LogP contribution < -0.4 is 10.6 Å². The van der Waals surface area contributed by atoms with E-state index in [0.717, 1.165) is 5.69 Å². The van der Waals surface area contributed by atoms with Gasteiger partial charge in [0.25, 0.3) is 0 Å². The Labute approximate surface area is 114 Å². The first kappa shape index (κ1) is 12.1. The van der Waals surface area contributed by atoms with Gasteiger partial charge in [0, 0.05) is 24.5 Å². The minimum Gasteiger partial charge on any atom is -0.399 e. The maximum atomic E-state index is 5.87. The molecule has 2 aromatic rings. The van der Waals surface area contributed by atoms with Gasteiger partial charge in [-0.15, -0.1) is 0 Å². The van der Waals surface area contributed by atoms with Crippen LogP contribution in [0.5, 0.6) is 0 Å². The van der Waals surface area contributed by atoms with Gasteiger partial charge in [-0.2, -0.15) is 0 Å². The molecule has 0 saturated carbocycles. The van der Waals surface area contributed by atoms with Gasteiger partial charge in [0.05, 0.1) is 0 Å². The summed E-state index contributed by atoms with van der Waals surface area (Å²) in [4.78, 5) is 2.49. The van der Waals surface area contributed by atoms with Crippen molar-refractivity contribution in [3.8, 4) is 11.1 Å². The lowest BCUT2D eigenvalue weighted by molar-refractivity contribution is 0.578. The van der Waals surface area contributed by atoms with Gasteiger partial charge in [-0.05, 0) is 54.7 Å². The summed E-state index contributed by atoms with van der Waals surface area (Å²) in [5.41, 5.74) is 10.5. The molecule has 2 heteroatoms. The molecule has 0 aromatic heterocycles. The monoisotopic (exact) mass is 252 g/mol. The molecule has 1 aliphatic rings. The van der Waals surface area contributed by atoms with Gasteiger partial charge in [0.15, 0.2) is 0 Å². The van der Waals surface area contributed by atoms with E-state index < -0.39 is 0 Å². The maximum Gasteiger partial charge on any atom is 0.0372 e. The van der Waals surface area contributed by atoms with Crippen LogP contribution in [0.1, 0.15) is 19.3 Å². The van der Waals surface area contributed by atoms with Crippen molar-refractivity contribution in [2.24, 2.45) is 0 Å². The first-order valence-electron chi connectivity index (χ1n) is 7.04. The van der Waals surface area contributed by atoms with E-state index in [9.17, 15) is 0 Å². The highest BCUT2D eigenvalue weighted by atomic mass is 15.1. The normalized spacial score (nSPS) is 15.5. The maximum absolute atomic E-state index is 5.87. The molecule has 2 N–H and O–H groups in total. The van der Waals surface area contributed by atoms with E-state index in [0.29, 0.717) is 0 Å². The van der Waals surface area contributed by atoms with E-state index in [2.05, 4.69) is 35.2 Å². The summed E-state index contributed by atoms with van der Waals surface area (Å²) in [5, 5.41) is 0. The fraction of sp³-hybridized carbons (Fsp3) is 0.294. The van der Waals surface area contributed by atoms with Crippen LogP contribution in [0.3, 0.4) is 0 Å². The van der Waals surface area contributed by atoms with Gasteiger partial charge in [-0.1, -0.05) is 24.3 Å². The van der Waals surface area contributed by atoms with Crippen LogP contribution in [0.4, 0.5) is 11.4 Å². The van der Waals surface area contributed by atoms with Crippen LogP contribution in [0.15, 0.2) is 48.5 Å². The predicted molar refractivity (Wildman–Crippen MR) is 82.4 cm³/mol. The first-order valence-corrected chi connectivity index (χ1v) is 7.04. The van der Waals surface area contributed by atoms with Crippen molar-refractivity contribution in [1.29, 1.82) is 0 Å². The Morgan fingerprint density at radius 2 is 1.47 bits per heavy atom. The average molecular weight is 252 g/mol. The van der Waals surface area contributed by atoms with E-state index in [1.165, 1.54) is 49.2 Å². The third-order valence-corrected chi connectivity index (χ3v) is 3.79. The van der Waals surface area contributed by atoms with Gasteiger partial charge in [0.2, 0.25) is 0 Å². The molecule has 1 fully saturated rings. The fourth-order valence-electron chi connectivity index (χ4n) is 2.75. The number of nitrogens with two attached hydrogens (primary N) is 1. The third-order valence-electron chi connectivity index (χ3n) is 3.79. The topological polar surface area (TPSA) is 29.3 Å². The SMILES string of the molecule is Nc1cccc(-c2cccc(N3CCCCC3)c2)c1. The number of hydrogen-bond donors (Lipinski definition) is 1. The van der Waals surface area contributed by atoms with Crippen molar-refractivity contribution in [2.75, 3.05) is 23.7 Å². The van der Waals surface area contributed by atoms with Gasteiger partial charge in [0.1, 0.15) is 0 Å². The standard InChI is InChI=1S/C17H20N2/c18-16-8-4-6-14(12-16)15-7-5-9-17(13-15)19-10-2-1-3-11-19/h4-9,12-13H,1-3,10-11,18H2. The molecule has 0 aliphatic carbocycles. The van der Waals surface area contributed by atoms with Crippen LogP contribution in [0.2, 0.25) is 0 Å². The van der Waals surface area contributed by atoms with E-state index in [1.807, 2.05) is 18.2 Å². The molecule has 98 valence electrons. The van der Waals surface area contributed by atoms with Crippen LogP contribution >= 0.6 is 0 Å². The van der Waals surface area contributed by atoms with E-state index in [4.69, 9.17) is 5.73 Å². The molecule has 19 heavy (non-hydrogen) atoms. The molecule has 2 aromatic carbocycles. The van der Waals surface area contributed by atoms with Crippen molar-refractivity contribution in [2.45, 2.75) is 19.3 Å². The second-order valence-electron chi connectivity index (χ2n) is 5.22. The Bertz CT molecular complexity index is 557. The Hall–Kier alpha value is -1.96. The van der Waals surface area contributed by atoms with E-state index in [1.54, 1.807) is 0 Å². The molecular formula is C17H20N2. The Morgan fingerprint density at radius 3 is 2.21 bits per heavy atom. The molecule has 1 saturated heterocycles. The number of nitrogens with zero attached hydrogens (tertiary/aromatic N) is 1. The van der Waals surface area contributed by atoms with Gasteiger partial charge in [-0.25, -0.2) is 0 Å². The molecule has 1 aliphatic heterocycles. The van der Waals surface area contributed by atoms with Gasteiger partial charge >= 0.3 is 0 Å². The summed E-state index contributed by atoms with van der Waals surface area (Å²) in [5.74, 6) is 0. The quantitative estimate of drug-likeness (QED) is 0.821. The smallest absolute Gasteiger partial charge is 0.0372 e. The summed E-state index contributed by atoms with van der Waals surface area (Å²) in [6.07, 6.45) is 3.98. The molecule has 0 atom stereocenters. The second kappa shape index (κ2) is 5.35. The summed E-state index contributed by atoms with van der Waals surface area (Å²) >= 11 is 0. The Balaban J connectivity index is 1.91. The van der Waals surface area contributed by atoms with Crippen molar-refractivity contribution in [1.82, 2.24) is 0 Å². The molecule has 0 unspecified atom stereocenters. The fourth-order valence-corrected chi connectivity index (χ4v) is 2.75. The van der Waals surface area contributed by atoms with Crippen molar-refractivity contribution in [3.63, 3.8) is 0 Å². The van der Waals surface area contributed by atoms with Crippen LogP contribution in [0, 0.1) is 0 Å².